The largest absolute Gasteiger partial charge is 0.469 e. The van der Waals surface area contributed by atoms with E-state index in [1.54, 1.807) is 0 Å². The third-order valence-electron chi connectivity index (χ3n) is 10.2. The first kappa shape index (κ1) is 34.1. The fraction of sp³-hybridized carbons (Fsp3) is 0.487. The van der Waals surface area contributed by atoms with Crippen LogP contribution in [0.2, 0.25) is 0 Å². The standard InChI is InChI=1S/C39H50N4O4/c1-22-23(2)38-26(5)34-21-39(6,7)35(42-34)20-31-25(4)28(15-11-13-17-37(45)47-9)33(41-31)19-32-27(14-10-12-16-36(44)46-8)24(3)30(40-32)18-29(22)43-38/h18-20,40-41H,10-17,21H2,1-9H3. The molecule has 0 aliphatic carbocycles. The third kappa shape index (κ3) is 7.07. The molecule has 3 aromatic rings. The van der Waals surface area contributed by atoms with Crippen molar-refractivity contribution in [2.24, 2.45) is 0 Å². The van der Waals surface area contributed by atoms with E-state index in [0.29, 0.717) is 12.8 Å². The number of methoxy groups -OCH3 is 2. The summed E-state index contributed by atoms with van der Waals surface area (Å²) >= 11 is 0. The highest BCUT2D eigenvalue weighted by Gasteiger charge is 2.31. The number of aryl methyl sites for hydroxylation is 4. The van der Waals surface area contributed by atoms with Crippen LogP contribution >= 0.6 is 0 Å². The SMILES string of the molecule is COC(=O)CCCCc1c(C)c2cc3nc(c(C)c4nc(cc5[nH]c(cc1[nH]2)c(CCCCC(=O)OC)c5C)C(C)(C)C4)C(C)=C3C. The Morgan fingerprint density at radius 3 is 1.77 bits per heavy atom. The van der Waals surface area contributed by atoms with Gasteiger partial charge in [-0.05, 0) is 130 Å². The Kier molecular flexibility index (Phi) is 10.1. The number of hydrogen-bond acceptors (Lipinski definition) is 6. The smallest absolute Gasteiger partial charge is 0.305 e. The van der Waals surface area contributed by atoms with Crippen LogP contribution in [0.3, 0.4) is 0 Å². The Balaban J connectivity index is 1.77. The zero-order chi connectivity index (χ0) is 34.0. The number of unbranched alkanes of at least 4 members (excludes halogenated alkanes) is 2. The van der Waals surface area contributed by atoms with Gasteiger partial charge in [0.1, 0.15) is 0 Å². The van der Waals surface area contributed by atoms with E-state index in [4.69, 9.17) is 19.4 Å². The van der Waals surface area contributed by atoms with Crippen molar-refractivity contribution < 1.29 is 19.1 Å². The fourth-order valence-electron chi connectivity index (χ4n) is 6.89. The molecule has 5 heterocycles. The van der Waals surface area contributed by atoms with E-state index in [0.717, 1.165) is 95.4 Å². The van der Waals surface area contributed by atoms with Gasteiger partial charge in [-0.2, -0.15) is 0 Å². The number of nitrogens with one attached hydrogen (secondary N) is 2. The quantitative estimate of drug-likeness (QED) is 0.170. The molecule has 0 saturated carbocycles. The van der Waals surface area contributed by atoms with Gasteiger partial charge in [-0.15, -0.1) is 0 Å². The van der Waals surface area contributed by atoms with Crippen LogP contribution in [0.5, 0.6) is 0 Å². The minimum Gasteiger partial charge on any atom is -0.469 e. The number of ether oxygens (including phenoxy) is 2. The Morgan fingerprint density at radius 2 is 1.23 bits per heavy atom. The number of aromatic nitrogens is 4. The van der Waals surface area contributed by atoms with E-state index >= 15 is 0 Å². The summed E-state index contributed by atoms with van der Waals surface area (Å²) in [7, 11) is 2.88. The van der Waals surface area contributed by atoms with Crippen LogP contribution in [-0.2, 0) is 43.7 Å². The van der Waals surface area contributed by atoms with E-state index < -0.39 is 0 Å². The number of nitrogens with zero attached hydrogens (tertiary/aromatic N) is 2. The summed E-state index contributed by atoms with van der Waals surface area (Å²) in [4.78, 5) is 41.6. The Morgan fingerprint density at radius 1 is 0.702 bits per heavy atom. The summed E-state index contributed by atoms with van der Waals surface area (Å²) in [5, 5.41) is 0. The number of H-pyrrole nitrogens is 2. The van der Waals surface area contributed by atoms with Crippen LogP contribution in [0.15, 0.2) is 18.2 Å². The van der Waals surface area contributed by atoms with Crippen LogP contribution in [0.1, 0.15) is 117 Å². The zero-order valence-electron chi connectivity index (χ0n) is 29.6. The lowest BCUT2D eigenvalue weighted by Gasteiger charge is -2.16. The van der Waals surface area contributed by atoms with Crippen molar-refractivity contribution in [1.82, 2.24) is 19.9 Å². The molecule has 250 valence electrons. The van der Waals surface area contributed by atoms with Crippen LogP contribution in [0, 0.1) is 20.8 Å². The van der Waals surface area contributed by atoms with Gasteiger partial charge in [0, 0.05) is 58.1 Å². The first-order valence-electron chi connectivity index (χ1n) is 16.9. The van der Waals surface area contributed by atoms with Gasteiger partial charge in [0.25, 0.3) is 0 Å². The van der Waals surface area contributed by atoms with Crippen molar-refractivity contribution in [3.8, 4) is 0 Å². The van der Waals surface area contributed by atoms with E-state index in [9.17, 15) is 9.59 Å². The molecule has 0 aromatic carbocycles. The molecule has 47 heavy (non-hydrogen) atoms. The number of rotatable bonds is 10. The van der Waals surface area contributed by atoms with Crippen LogP contribution in [-0.4, -0.2) is 46.1 Å². The Labute approximate surface area is 278 Å². The van der Waals surface area contributed by atoms with Crippen LogP contribution < -0.4 is 0 Å². The van der Waals surface area contributed by atoms with E-state index in [-0.39, 0.29) is 17.4 Å². The predicted octanol–water partition coefficient (Wildman–Crippen LogP) is 8.48. The molecule has 0 unspecified atom stereocenters. The van der Waals surface area contributed by atoms with Crippen LogP contribution in [0.4, 0.5) is 0 Å². The van der Waals surface area contributed by atoms with Gasteiger partial charge < -0.3 is 19.4 Å². The maximum atomic E-state index is 11.8. The number of hydrogen-bond donors (Lipinski definition) is 2. The summed E-state index contributed by atoms with van der Waals surface area (Å²) in [5.74, 6) is -0.346. The van der Waals surface area contributed by atoms with Crippen molar-refractivity contribution in [2.75, 3.05) is 14.2 Å². The van der Waals surface area contributed by atoms with Gasteiger partial charge in [-0.1, -0.05) is 13.8 Å². The number of fused-ring (bicyclic) bond motifs is 8. The molecular formula is C39H50N4O4. The number of aromatic amines is 2. The fourth-order valence-corrected chi connectivity index (χ4v) is 6.89. The zero-order valence-corrected chi connectivity index (χ0v) is 29.6. The maximum Gasteiger partial charge on any atom is 0.305 e. The van der Waals surface area contributed by atoms with Crippen molar-refractivity contribution in [3.63, 3.8) is 0 Å². The summed E-state index contributed by atoms with van der Waals surface area (Å²) in [6, 6.07) is 6.65. The molecule has 5 rings (SSSR count). The van der Waals surface area contributed by atoms with Crippen LogP contribution in [0.25, 0.3) is 33.2 Å². The number of allylic oxidation sites excluding steroid dienone is 2. The van der Waals surface area contributed by atoms with E-state index in [2.05, 4.69) is 76.6 Å². The normalized spacial score (nSPS) is 14.1. The predicted molar refractivity (Wildman–Crippen MR) is 189 cm³/mol. The minimum atomic E-state index is -0.174. The average Bonchev–Trinajstić information content (AvgIpc) is 3.70. The molecule has 2 aliphatic rings. The van der Waals surface area contributed by atoms with Gasteiger partial charge in [0.15, 0.2) is 0 Å². The van der Waals surface area contributed by atoms with E-state index in [1.165, 1.54) is 47.6 Å². The topological polar surface area (TPSA) is 110 Å². The second-order valence-corrected chi connectivity index (χ2v) is 13.8. The first-order valence-corrected chi connectivity index (χ1v) is 16.9. The minimum absolute atomic E-state index is 0.125. The molecule has 0 fully saturated rings. The molecule has 2 aliphatic heterocycles. The maximum absolute atomic E-state index is 11.8. The highest BCUT2D eigenvalue weighted by atomic mass is 16.5. The number of carbonyl (C=O) groups excluding carboxylic acids is 2. The van der Waals surface area contributed by atoms with Gasteiger partial charge in [-0.25, -0.2) is 4.98 Å². The van der Waals surface area contributed by atoms with Crippen molar-refractivity contribution in [1.29, 1.82) is 0 Å². The monoisotopic (exact) mass is 638 g/mol. The lowest BCUT2D eigenvalue weighted by molar-refractivity contribution is -0.141. The molecule has 8 heteroatoms. The Bertz CT molecular complexity index is 1910. The molecule has 8 nitrogen and oxygen atoms in total. The van der Waals surface area contributed by atoms with Gasteiger partial charge in [-0.3, -0.25) is 14.6 Å². The Hall–Kier alpha value is -4.20. The molecule has 0 saturated heterocycles. The van der Waals surface area contributed by atoms with Gasteiger partial charge in [0.2, 0.25) is 0 Å². The van der Waals surface area contributed by atoms with Crippen molar-refractivity contribution >= 4 is 45.2 Å². The highest BCUT2D eigenvalue weighted by Crippen LogP contribution is 2.37. The average molecular weight is 639 g/mol. The molecule has 8 bridgehead atoms. The molecule has 0 atom stereocenters. The highest BCUT2D eigenvalue weighted by molar-refractivity contribution is 5.92. The lowest BCUT2D eigenvalue weighted by Crippen LogP contribution is -2.15. The molecule has 0 radical (unpaired) electrons. The molecule has 2 N–H and O–H groups in total. The molecule has 0 amide bonds. The second-order valence-electron chi connectivity index (χ2n) is 13.8. The van der Waals surface area contributed by atoms with Crippen molar-refractivity contribution in [2.45, 2.75) is 112 Å². The summed E-state index contributed by atoms with van der Waals surface area (Å²) in [6.45, 7) is 15.4. The lowest BCUT2D eigenvalue weighted by atomic mass is 9.86. The molecule has 0 spiro atoms. The summed E-state index contributed by atoms with van der Waals surface area (Å²) in [6.07, 6.45) is 6.63. The van der Waals surface area contributed by atoms with Gasteiger partial charge >= 0.3 is 11.9 Å². The summed E-state index contributed by atoms with van der Waals surface area (Å²) < 4.78 is 9.75. The first-order chi connectivity index (χ1) is 22.3. The van der Waals surface area contributed by atoms with Crippen molar-refractivity contribution in [3.05, 3.63) is 68.8 Å². The summed E-state index contributed by atoms with van der Waals surface area (Å²) in [5.41, 5.74) is 16.6. The van der Waals surface area contributed by atoms with E-state index in [1.807, 2.05) is 0 Å². The number of esters is 2. The second kappa shape index (κ2) is 13.9. The molecular weight excluding hydrogens is 588 g/mol. The third-order valence-corrected chi connectivity index (χ3v) is 10.2. The van der Waals surface area contributed by atoms with Gasteiger partial charge in [0.05, 0.1) is 25.6 Å². The number of carbonyl (C=O) groups is 2. The molecule has 3 aromatic heterocycles.